The zero-order valence-corrected chi connectivity index (χ0v) is 11.1. The van der Waals surface area contributed by atoms with Gasteiger partial charge in [-0.3, -0.25) is 4.79 Å². The van der Waals surface area contributed by atoms with Crippen molar-refractivity contribution in [2.75, 3.05) is 0 Å². The first kappa shape index (κ1) is 13.9. The van der Waals surface area contributed by atoms with Crippen LogP contribution in [0.5, 0.6) is 0 Å². The first-order valence-corrected chi connectivity index (χ1v) is 6.19. The number of hydrogen-bond acceptors (Lipinski definition) is 3. The van der Waals surface area contributed by atoms with Crippen LogP contribution in [0.1, 0.15) is 18.9 Å². The minimum atomic E-state index is -1.05. The van der Waals surface area contributed by atoms with Gasteiger partial charge in [-0.25, -0.2) is 15.0 Å². The number of primary amides is 1. The van der Waals surface area contributed by atoms with Gasteiger partial charge in [0.2, 0.25) is 0 Å². The highest BCUT2D eigenvalue weighted by Crippen LogP contribution is 2.22. The van der Waals surface area contributed by atoms with Crippen molar-refractivity contribution in [3.05, 3.63) is 35.9 Å². The number of hydrazine groups is 1. The van der Waals surface area contributed by atoms with Gasteiger partial charge in [0.05, 0.1) is 0 Å². The average Bonchev–Trinajstić information content (AvgIpc) is 2.62. The lowest BCUT2D eigenvalue weighted by atomic mass is 9.93. The number of carbonyl (C=O) groups excluding carboxylic acids is 3. The molecular formula is C13H16N4O3. The molecule has 1 fully saturated rings. The molecule has 1 unspecified atom stereocenters. The van der Waals surface area contributed by atoms with Crippen LogP contribution < -0.4 is 16.5 Å². The first-order chi connectivity index (χ1) is 9.42. The van der Waals surface area contributed by atoms with Crippen LogP contribution >= 0.6 is 0 Å². The topological polar surface area (TPSA) is 105 Å². The van der Waals surface area contributed by atoms with E-state index in [0.29, 0.717) is 17.9 Å². The van der Waals surface area contributed by atoms with Crippen LogP contribution in [0.15, 0.2) is 30.3 Å². The van der Waals surface area contributed by atoms with Crippen LogP contribution in [0.4, 0.5) is 9.59 Å². The summed E-state index contributed by atoms with van der Waals surface area (Å²) >= 11 is 0. The van der Waals surface area contributed by atoms with Gasteiger partial charge in [-0.1, -0.05) is 30.3 Å². The summed E-state index contributed by atoms with van der Waals surface area (Å²) in [6, 6.07) is 7.99. The Bertz CT molecular complexity index is 546. The molecule has 1 saturated heterocycles. The van der Waals surface area contributed by atoms with Crippen LogP contribution in [0, 0.1) is 0 Å². The SMILES string of the molecule is CC1(CCc2ccccc2)NC(=O)N(NC(N)=O)C1=O. The second-order valence-electron chi connectivity index (χ2n) is 4.86. The zero-order valence-electron chi connectivity index (χ0n) is 11.1. The third kappa shape index (κ3) is 2.71. The van der Waals surface area contributed by atoms with Crippen LogP contribution in [-0.2, 0) is 11.2 Å². The van der Waals surface area contributed by atoms with E-state index in [9.17, 15) is 14.4 Å². The van der Waals surface area contributed by atoms with Gasteiger partial charge in [0, 0.05) is 0 Å². The van der Waals surface area contributed by atoms with Crippen molar-refractivity contribution < 1.29 is 14.4 Å². The van der Waals surface area contributed by atoms with Crippen molar-refractivity contribution in [1.29, 1.82) is 0 Å². The summed E-state index contributed by atoms with van der Waals surface area (Å²) in [6.45, 7) is 1.62. The highest BCUT2D eigenvalue weighted by Gasteiger charge is 2.48. The molecule has 1 heterocycles. The molecule has 1 aromatic rings. The minimum absolute atomic E-state index is 0.429. The Morgan fingerprint density at radius 1 is 1.35 bits per heavy atom. The summed E-state index contributed by atoms with van der Waals surface area (Å²) < 4.78 is 0. The van der Waals surface area contributed by atoms with Crippen LogP contribution in [0.25, 0.3) is 0 Å². The molecule has 0 saturated carbocycles. The molecule has 20 heavy (non-hydrogen) atoms. The summed E-state index contributed by atoms with van der Waals surface area (Å²) in [5, 5.41) is 3.19. The van der Waals surface area contributed by atoms with Crippen molar-refractivity contribution >= 4 is 18.0 Å². The maximum Gasteiger partial charge on any atom is 0.344 e. The average molecular weight is 276 g/mol. The van der Waals surface area contributed by atoms with Gasteiger partial charge in [0.15, 0.2) is 0 Å². The summed E-state index contributed by atoms with van der Waals surface area (Å²) in [5.74, 6) is -0.516. The molecule has 0 radical (unpaired) electrons. The van der Waals surface area contributed by atoms with Gasteiger partial charge in [0.1, 0.15) is 5.54 Å². The quantitative estimate of drug-likeness (QED) is 0.698. The number of benzene rings is 1. The normalized spacial score (nSPS) is 21.8. The number of hydrogen-bond donors (Lipinski definition) is 3. The predicted octanol–water partition coefficient (Wildman–Crippen LogP) is 0.513. The van der Waals surface area contributed by atoms with Gasteiger partial charge in [-0.15, -0.1) is 0 Å². The first-order valence-electron chi connectivity index (χ1n) is 6.19. The monoisotopic (exact) mass is 276 g/mol. The van der Waals surface area contributed by atoms with Gasteiger partial charge < -0.3 is 11.1 Å². The standard InChI is InChI=1S/C13H16N4O3/c1-13(8-7-9-5-3-2-4-6-9)10(18)17(12(20)15-13)16-11(14)19/h2-6H,7-8H2,1H3,(H,15,20)(H3,14,16,19). The molecule has 0 aromatic heterocycles. The Morgan fingerprint density at radius 3 is 2.60 bits per heavy atom. The molecule has 2 rings (SSSR count). The number of urea groups is 2. The third-order valence-corrected chi connectivity index (χ3v) is 3.24. The van der Waals surface area contributed by atoms with Crippen molar-refractivity contribution in [2.45, 2.75) is 25.3 Å². The van der Waals surface area contributed by atoms with Crippen LogP contribution in [0.3, 0.4) is 0 Å². The van der Waals surface area contributed by atoms with Crippen LogP contribution in [0.2, 0.25) is 0 Å². The van der Waals surface area contributed by atoms with E-state index in [1.54, 1.807) is 6.92 Å². The Balaban J connectivity index is 2.05. The Labute approximate surface area is 116 Å². The van der Waals surface area contributed by atoms with Crippen molar-refractivity contribution in [1.82, 2.24) is 15.8 Å². The second-order valence-corrected chi connectivity index (χ2v) is 4.86. The molecule has 106 valence electrons. The molecule has 0 spiro atoms. The van der Waals surface area contributed by atoms with Crippen molar-refractivity contribution in [2.24, 2.45) is 5.73 Å². The zero-order chi connectivity index (χ0) is 14.8. The summed E-state index contributed by atoms with van der Waals surface area (Å²) in [7, 11) is 0. The fourth-order valence-corrected chi connectivity index (χ4v) is 2.10. The fourth-order valence-electron chi connectivity index (χ4n) is 2.10. The van der Waals surface area contributed by atoms with E-state index in [1.807, 2.05) is 35.8 Å². The third-order valence-electron chi connectivity index (χ3n) is 3.24. The highest BCUT2D eigenvalue weighted by atomic mass is 16.2. The lowest BCUT2D eigenvalue weighted by molar-refractivity contribution is -0.132. The number of amides is 5. The van der Waals surface area contributed by atoms with Crippen molar-refractivity contribution in [3.63, 3.8) is 0 Å². The van der Waals surface area contributed by atoms with E-state index in [4.69, 9.17) is 5.73 Å². The number of imide groups is 1. The van der Waals surface area contributed by atoms with E-state index >= 15 is 0 Å². The largest absolute Gasteiger partial charge is 0.350 e. The summed E-state index contributed by atoms with van der Waals surface area (Å²) in [5.41, 5.74) is 6.95. The van der Waals surface area contributed by atoms with Crippen molar-refractivity contribution in [3.8, 4) is 0 Å². The van der Waals surface area contributed by atoms with Gasteiger partial charge in [-0.2, -0.15) is 5.01 Å². The minimum Gasteiger partial charge on any atom is -0.350 e. The molecule has 7 nitrogen and oxygen atoms in total. The maximum atomic E-state index is 12.2. The molecule has 7 heteroatoms. The van der Waals surface area contributed by atoms with E-state index in [-0.39, 0.29) is 0 Å². The molecule has 0 bridgehead atoms. The Morgan fingerprint density at radius 2 is 2.00 bits per heavy atom. The molecular weight excluding hydrogens is 260 g/mol. The van der Waals surface area contributed by atoms with E-state index in [2.05, 4.69) is 5.32 Å². The molecule has 1 aliphatic heterocycles. The molecule has 1 aromatic carbocycles. The lowest BCUT2D eigenvalue weighted by Gasteiger charge is -2.21. The number of carbonyl (C=O) groups is 3. The summed E-state index contributed by atoms with van der Waals surface area (Å²) in [4.78, 5) is 34.6. The number of nitrogens with two attached hydrogens (primary N) is 1. The number of nitrogens with zero attached hydrogens (tertiary/aromatic N) is 1. The number of rotatable bonds is 4. The van der Waals surface area contributed by atoms with Crippen LogP contribution in [-0.4, -0.2) is 28.5 Å². The summed E-state index contributed by atoms with van der Waals surface area (Å²) in [6.07, 6.45) is 1.06. The fraction of sp³-hybridized carbons (Fsp3) is 0.308. The molecule has 1 atom stereocenters. The molecule has 0 aliphatic carbocycles. The lowest BCUT2D eigenvalue weighted by Crippen LogP contribution is -2.50. The number of aryl methyl sites for hydroxylation is 1. The predicted molar refractivity (Wildman–Crippen MR) is 71.3 cm³/mol. The van der Waals surface area contributed by atoms with E-state index in [0.717, 1.165) is 5.56 Å². The van der Waals surface area contributed by atoms with Gasteiger partial charge in [0.25, 0.3) is 5.91 Å². The smallest absolute Gasteiger partial charge is 0.344 e. The molecule has 4 N–H and O–H groups in total. The van der Waals surface area contributed by atoms with Gasteiger partial charge in [-0.05, 0) is 25.3 Å². The number of nitrogens with one attached hydrogen (secondary N) is 2. The second kappa shape index (κ2) is 5.20. The van der Waals surface area contributed by atoms with E-state index < -0.39 is 23.5 Å². The molecule has 5 amide bonds. The van der Waals surface area contributed by atoms with Gasteiger partial charge >= 0.3 is 12.1 Å². The molecule has 1 aliphatic rings. The maximum absolute atomic E-state index is 12.2. The van der Waals surface area contributed by atoms with E-state index in [1.165, 1.54) is 0 Å². The Kier molecular flexibility index (Phi) is 3.60. The highest BCUT2D eigenvalue weighted by molar-refractivity contribution is 6.07. The Hall–Kier alpha value is -2.57.